The minimum atomic E-state index is -3.04. The lowest BCUT2D eigenvalue weighted by molar-refractivity contribution is 0.248. The number of nitrogens with zero attached hydrogens (tertiary/aromatic N) is 1. The number of hydrogen-bond donors (Lipinski definition) is 1. The molecule has 1 aliphatic rings. The first-order valence-corrected chi connectivity index (χ1v) is 7.02. The van der Waals surface area contributed by atoms with Gasteiger partial charge in [0, 0.05) is 18.6 Å². The standard InChI is InChI=1S/C9H20N2O2S/c1-3-11(14(2,12)13)9-6-4-8(10)5-7-9/h8-9H,3-7,10H2,1-2H3. The summed E-state index contributed by atoms with van der Waals surface area (Å²) in [6.07, 6.45) is 4.97. The third kappa shape index (κ3) is 2.93. The summed E-state index contributed by atoms with van der Waals surface area (Å²) in [5, 5.41) is 0. The lowest BCUT2D eigenvalue weighted by Gasteiger charge is -2.33. The van der Waals surface area contributed by atoms with Gasteiger partial charge in [0.15, 0.2) is 0 Å². The van der Waals surface area contributed by atoms with Crippen LogP contribution in [0, 0.1) is 0 Å². The number of hydrogen-bond acceptors (Lipinski definition) is 3. The maximum Gasteiger partial charge on any atom is 0.211 e. The highest BCUT2D eigenvalue weighted by Crippen LogP contribution is 2.23. The first-order chi connectivity index (χ1) is 6.45. The Morgan fingerprint density at radius 2 is 1.79 bits per heavy atom. The van der Waals surface area contributed by atoms with Crippen molar-refractivity contribution in [3.05, 3.63) is 0 Å². The zero-order chi connectivity index (χ0) is 10.8. The monoisotopic (exact) mass is 220 g/mol. The van der Waals surface area contributed by atoms with Gasteiger partial charge in [0.25, 0.3) is 0 Å². The highest BCUT2D eigenvalue weighted by molar-refractivity contribution is 7.88. The molecule has 5 heteroatoms. The van der Waals surface area contributed by atoms with Crippen molar-refractivity contribution in [2.45, 2.75) is 44.7 Å². The van der Waals surface area contributed by atoms with Gasteiger partial charge in [-0.3, -0.25) is 0 Å². The van der Waals surface area contributed by atoms with E-state index in [4.69, 9.17) is 5.73 Å². The van der Waals surface area contributed by atoms with Gasteiger partial charge in [0.2, 0.25) is 10.0 Å². The third-order valence-electron chi connectivity index (χ3n) is 2.89. The molecule has 0 spiro atoms. The molecule has 0 heterocycles. The van der Waals surface area contributed by atoms with Crippen LogP contribution in [-0.4, -0.2) is 37.6 Å². The fraction of sp³-hybridized carbons (Fsp3) is 1.00. The number of nitrogens with two attached hydrogens (primary N) is 1. The fourth-order valence-corrected chi connectivity index (χ4v) is 3.37. The van der Waals surface area contributed by atoms with Crippen LogP contribution < -0.4 is 5.73 Å². The van der Waals surface area contributed by atoms with E-state index in [0.29, 0.717) is 6.54 Å². The molecule has 4 nitrogen and oxygen atoms in total. The molecule has 0 radical (unpaired) electrons. The summed E-state index contributed by atoms with van der Waals surface area (Å²) in [4.78, 5) is 0. The van der Waals surface area contributed by atoms with Crippen molar-refractivity contribution >= 4 is 10.0 Å². The number of rotatable bonds is 3. The molecule has 0 amide bonds. The molecule has 84 valence electrons. The van der Waals surface area contributed by atoms with Gasteiger partial charge in [-0.1, -0.05) is 6.92 Å². The second-order valence-corrected chi connectivity index (χ2v) is 5.97. The molecule has 0 aromatic carbocycles. The van der Waals surface area contributed by atoms with E-state index in [9.17, 15) is 8.42 Å². The van der Waals surface area contributed by atoms with Gasteiger partial charge in [-0.25, -0.2) is 8.42 Å². The van der Waals surface area contributed by atoms with Crippen molar-refractivity contribution in [3.63, 3.8) is 0 Å². The second-order valence-electron chi connectivity index (χ2n) is 4.03. The average molecular weight is 220 g/mol. The summed E-state index contributed by atoms with van der Waals surface area (Å²) in [5.41, 5.74) is 5.78. The molecular formula is C9H20N2O2S. The molecule has 0 unspecified atom stereocenters. The normalized spacial score (nSPS) is 29.4. The predicted molar refractivity (Wildman–Crippen MR) is 57.5 cm³/mol. The van der Waals surface area contributed by atoms with Crippen molar-refractivity contribution < 1.29 is 8.42 Å². The SMILES string of the molecule is CCN(C1CCC(N)CC1)S(C)(=O)=O. The van der Waals surface area contributed by atoms with E-state index in [1.807, 2.05) is 6.92 Å². The van der Waals surface area contributed by atoms with Crippen LogP contribution in [0.3, 0.4) is 0 Å². The van der Waals surface area contributed by atoms with Gasteiger partial charge in [-0.15, -0.1) is 0 Å². The van der Waals surface area contributed by atoms with Gasteiger partial charge >= 0.3 is 0 Å². The predicted octanol–water partition coefficient (Wildman–Crippen LogP) is 0.538. The van der Waals surface area contributed by atoms with E-state index in [1.165, 1.54) is 6.26 Å². The lowest BCUT2D eigenvalue weighted by Crippen LogP contribution is -2.43. The highest BCUT2D eigenvalue weighted by atomic mass is 32.2. The fourth-order valence-electron chi connectivity index (χ4n) is 2.15. The van der Waals surface area contributed by atoms with Crippen LogP contribution in [0.2, 0.25) is 0 Å². The van der Waals surface area contributed by atoms with E-state index in [0.717, 1.165) is 25.7 Å². The molecule has 0 aromatic rings. The van der Waals surface area contributed by atoms with Gasteiger partial charge in [-0.2, -0.15) is 4.31 Å². The third-order valence-corrected chi connectivity index (χ3v) is 4.29. The first-order valence-electron chi connectivity index (χ1n) is 5.17. The molecule has 14 heavy (non-hydrogen) atoms. The molecule has 1 fully saturated rings. The minimum absolute atomic E-state index is 0.176. The van der Waals surface area contributed by atoms with Crippen LogP contribution in [0.5, 0.6) is 0 Å². The van der Waals surface area contributed by atoms with Gasteiger partial charge in [-0.05, 0) is 25.7 Å². The highest BCUT2D eigenvalue weighted by Gasteiger charge is 2.28. The Morgan fingerprint density at radius 1 is 1.29 bits per heavy atom. The van der Waals surface area contributed by atoms with Gasteiger partial charge in [0.05, 0.1) is 6.26 Å². The van der Waals surface area contributed by atoms with Gasteiger partial charge in [0.1, 0.15) is 0 Å². The second kappa shape index (κ2) is 4.59. The zero-order valence-electron chi connectivity index (χ0n) is 8.94. The summed E-state index contributed by atoms with van der Waals surface area (Å²) < 4.78 is 24.5. The Balaban J connectivity index is 2.63. The van der Waals surface area contributed by atoms with Crippen molar-refractivity contribution in [1.29, 1.82) is 0 Å². The van der Waals surface area contributed by atoms with E-state index in [1.54, 1.807) is 4.31 Å². The lowest BCUT2D eigenvalue weighted by atomic mass is 9.92. The van der Waals surface area contributed by atoms with Crippen LogP contribution in [0.4, 0.5) is 0 Å². The molecule has 1 rings (SSSR count). The summed E-state index contributed by atoms with van der Waals surface area (Å²) in [5.74, 6) is 0. The van der Waals surface area contributed by atoms with Crippen LogP contribution in [0.15, 0.2) is 0 Å². The van der Waals surface area contributed by atoms with Crippen LogP contribution in [0.25, 0.3) is 0 Å². The molecule has 0 bridgehead atoms. The van der Waals surface area contributed by atoms with Crippen molar-refractivity contribution in [3.8, 4) is 0 Å². The molecular weight excluding hydrogens is 200 g/mol. The Labute approximate surface area is 86.5 Å². The molecule has 2 N–H and O–H groups in total. The molecule has 1 aliphatic carbocycles. The number of sulfonamides is 1. The first kappa shape index (κ1) is 11.9. The van der Waals surface area contributed by atoms with Crippen molar-refractivity contribution in [1.82, 2.24) is 4.31 Å². The maximum atomic E-state index is 11.4. The van der Waals surface area contributed by atoms with E-state index in [2.05, 4.69) is 0 Å². The largest absolute Gasteiger partial charge is 0.328 e. The quantitative estimate of drug-likeness (QED) is 0.755. The van der Waals surface area contributed by atoms with Crippen LogP contribution in [-0.2, 0) is 10.0 Å². The Hall–Kier alpha value is -0.130. The summed E-state index contributed by atoms with van der Waals surface area (Å²) in [7, 11) is -3.04. The topological polar surface area (TPSA) is 63.4 Å². The van der Waals surface area contributed by atoms with E-state index < -0.39 is 10.0 Å². The molecule has 0 atom stereocenters. The minimum Gasteiger partial charge on any atom is -0.328 e. The summed E-state index contributed by atoms with van der Waals surface area (Å²) >= 11 is 0. The van der Waals surface area contributed by atoms with Crippen molar-refractivity contribution in [2.75, 3.05) is 12.8 Å². The van der Waals surface area contributed by atoms with Crippen molar-refractivity contribution in [2.24, 2.45) is 5.73 Å². The van der Waals surface area contributed by atoms with Crippen LogP contribution >= 0.6 is 0 Å². The van der Waals surface area contributed by atoms with E-state index in [-0.39, 0.29) is 12.1 Å². The zero-order valence-corrected chi connectivity index (χ0v) is 9.76. The van der Waals surface area contributed by atoms with E-state index >= 15 is 0 Å². The summed E-state index contributed by atoms with van der Waals surface area (Å²) in [6.45, 7) is 2.45. The summed E-state index contributed by atoms with van der Waals surface area (Å²) in [6, 6.07) is 0.444. The smallest absolute Gasteiger partial charge is 0.211 e. The van der Waals surface area contributed by atoms with Gasteiger partial charge < -0.3 is 5.73 Å². The Morgan fingerprint density at radius 3 is 2.14 bits per heavy atom. The molecule has 0 aliphatic heterocycles. The molecule has 0 saturated heterocycles. The molecule has 0 aromatic heterocycles. The Kier molecular flexibility index (Phi) is 3.92. The maximum absolute atomic E-state index is 11.4. The van der Waals surface area contributed by atoms with Crippen LogP contribution in [0.1, 0.15) is 32.6 Å². The Bertz CT molecular complexity index is 269. The average Bonchev–Trinajstić information content (AvgIpc) is 2.07. The molecule has 1 saturated carbocycles.